The van der Waals surface area contributed by atoms with Crippen LogP contribution in [0.2, 0.25) is 0 Å². The van der Waals surface area contributed by atoms with Gasteiger partial charge in [0, 0.05) is 0 Å². The van der Waals surface area contributed by atoms with E-state index < -0.39 is 0 Å². The third-order valence-corrected chi connectivity index (χ3v) is 1.51. The molecule has 0 heterocycles. The van der Waals surface area contributed by atoms with E-state index in [1.807, 2.05) is 19.1 Å². The Morgan fingerprint density at radius 1 is 1.62 bits per heavy atom. The molecule has 41 valence electrons. The number of benzene rings is 1. The van der Waals surface area contributed by atoms with Crippen molar-refractivity contribution in [3.05, 3.63) is 29.8 Å². The maximum absolute atomic E-state index is 3.06. The third-order valence-electron chi connectivity index (χ3n) is 0.929. The first-order valence-electron chi connectivity index (χ1n) is 2.46. The van der Waals surface area contributed by atoms with Crippen molar-refractivity contribution in [2.45, 2.75) is 6.92 Å². The van der Waals surface area contributed by atoms with Crippen LogP contribution in [0.3, 0.4) is 0 Å². The molecule has 0 aliphatic heterocycles. The molecule has 0 amide bonds. The van der Waals surface area contributed by atoms with Crippen molar-refractivity contribution < 1.29 is 0 Å². The normalized spacial score (nSPS) is 9.25. The second kappa shape index (κ2) is 2.34. The second-order valence-corrected chi connectivity index (χ2v) is 2.81. The van der Waals surface area contributed by atoms with E-state index in [1.165, 1.54) is 10.0 Å². The Hall–Kier alpha value is -0.261. The summed E-state index contributed by atoms with van der Waals surface area (Å²) in [6.45, 7) is 2.04. The SMILES string of the molecule is Cc1[c]ccc([SeH])c1. The average molecular weight is 170 g/mol. The van der Waals surface area contributed by atoms with Crippen LogP contribution in [0.1, 0.15) is 5.56 Å². The van der Waals surface area contributed by atoms with Crippen molar-refractivity contribution in [3.8, 4) is 0 Å². The molecule has 0 unspecified atom stereocenters. The molecule has 1 aromatic rings. The fourth-order valence-electron chi connectivity index (χ4n) is 0.570. The van der Waals surface area contributed by atoms with Gasteiger partial charge in [-0.15, -0.1) is 0 Å². The maximum atomic E-state index is 3.06. The molecule has 1 heteroatoms. The average Bonchev–Trinajstić information content (AvgIpc) is 1.64. The second-order valence-electron chi connectivity index (χ2n) is 1.73. The van der Waals surface area contributed by atoms with Crippen LogP contribution in [0.5, 0.6) is 0 Å². The first-order valence-corrected chi connectivity index (χ1v) is 3.40. The van der Waals surface area contributed by atoms with E-state index in [0.29, 0.717) is 0 Å². The van der Waals surface area contributed by atoms with Crippen LogP contribution >= 0.6 is 0 Å². The summed E-state index contributed by atoms with van der Waals surface area (Å²) in [5, 5.41) is 0. The Labute approximate surface area is 57.7 Å². The van der Waals surface area contributed by atoms with Gasteiger partial charge >= 0.3 is 57.2 Å². The molecule has 0 saturated carbocycles. The summed E-state index contributed by atoms with van der Waals surface area (Å²) >= 11 is 2.50. The molecule has 0 spiro atoms. The monoisotopic (exact) mass is 171 g/mol. The van der Waals surface area contributed by atoms with E-state index >= 15 is 0 Å². The Bertz CT molecular complexity index is 164. The molecule has 1 aromatic carbocycles. The topological polar surface area (TPSA) is 0 Å². The van der Waals surface area contributed by atoms with Crippen LogP contribution in [0.15, 0.2) is 18.2 Å². The number of hydrogen-bond acceptors (Lipinski definition) is 0. The van der Waals surface area contributed by atoms with E-state index in [1.54, 1.807) is 0 Å². The van der Waals surface area contributed by atoms with Crippen molar-refractivity contribution >= 4 is 20.5 Å². The van der Waals surface area contributed by atoms with Crippen molar-refractivity contribution in [1.82, 2.24) is 0 Å². The number of hydrogen-bond donors (Lipinski definition) is 0. The van der Waals surface area contributed by atoms with E-state index in [2.05, 4.69) is 28.1 Å². The van der Waals surface area contributed by atoms with Gasteiger partial charge in [0.05, 0.1) is 0 Å². The van der Waals surface area contributed by atoms with Gasteiger partial charge in [-0.05, 0) is 0 Å². The summed E-state index contributed by atoms with van der Waals surface area (Å²) in [7, 11) is 0. The van der Waals surface area contributed by atoms with Crippen LogP contribution in [-0.4, -0.2) is 16.0 Å². The zero-order valence-electron chi connectivity index (χ0n) is 4.68. The van der Waals surface area contributed by atoms with Gasteiger partial charge in [0.1, 0.15) is 0 Å². The van der Waals surface area contributed by atoms with Crippen LogP contribution < -0.4 is 4.46 Å². The number of rotatable bonds is 0. The van der Waals surface area contributed by atoms with Crippen LogP contribution in [0, 0.1) is 13.0 Å². The summed E-state index contributed by atoms with van der Waals surface area (Å²) in [6.07, 6.45) is 0. The summed E-state index contributed by atoms with van der Waals surface area (Å²) in [4.78, 5) is 0. The van der Waals surface area contributed by atoms with Crippen molar-refractivity contribution in [2.75, 3.05) is 0 Å². The Kier molecular flexibility index (Phi) is 1.72. The first kappa shape index (κ1) is 5.87. The summed E-state index contributed by atoms with van der Waals surface area (Å²) in [6, 6.07) is 9.10. The molecular weight excluding hydrogens is 163 g/mol. The molecule has 1 rings (SSSR count). The van der Waals surface area contributed by atoms with Crippen LogP contribution in [0.25, 0.3) is 0 Å². The van der Waals surface area contributed by atoms with E-state index in [0.717, 1.165) is 0 Å². The fraction of sp³-hybridized carbons (Fsp3) is 0.143. The van der Waals surface area contributed by atoms with E-state index in [-0.39, 0.29) is 0 Å². The summed E-state index contributed by atoms with van der Waals surface area (Å²) in [5.74, 6) is 0. The Morgan fingerprint density at radius 2 is 2.38 bits per heavy atom. The first-order chi connectivity index (χ1) is 3.79. The van der Waals surface area contributed by atoms with Crippen molar-refractivity contribution in [3.63, 3.8) is 0 Å². The minimum atomic E-state index is 1.20. The quantitative estimate of drug-likeness (QED) is 0.492. The molecule has 0 aromatic heterocycles. The standard InChI is InChI=1S/C7H7Se/c1-6-3-2-4-7(8)5-6/h2,4-5,8H,1H3. The van der Waals surface area contributed by atoms with Gasteiger partial charge in [-0.25, -0.2) is 0 Å². The molecule has 1 radical (unpaired) electrons. The predicted octanol–water partition coefficient (Wildman–Crippen LogP) is 0.321. The van der Waals surface area contributed by atoms with Gasteiger partial charge in [0.2, 0.25) is 0 Å². The molecular formula is C7H7Se. The zero-order valence-corrected chi connectivity index (χ0v) is 6.56. The van der Waals surface area contributed by atoms with E-state index in [4.69, 9.17) is 0 Å². The molecule has 0 bridgehead atoms. The molecule has 0 nitrogen and oxygen atoms in total. The molecule has 0 N–H and O–H groups in total. The Morgan fingerprint density at radius 3 is 2.75 bits per heavy atom. The molecule has 8 heavy (non-hydrogen) atoms. The third kappa shape index (κ3) is 1.36. The zero-order chi connectivity index (χ0) is 5.98. The van der Waals surface area contributed by atoms with Crippen molar-refractivity contribution in [1.29, 1.82) is 0 Å². The van der Waals surface area contributed by atoms with Gasteiger partial charge in [-0.3, -0.25) is 0 Å². The molecule has 0 aliphatic carbocycles. The van der Waals surface area contributed by atoms with Gasteiger partial charge in [0.25, 0.3) is 0 Å². The number of aryl methyl sites for hydroxylation is 1. The predicted molar refractivity (Wildman–Crippen MR) is 36.8 cm³/mol. The summed E-state index contributed by atoms with van der Waals surface area (Å²) < 4.78 is 1.24. The van der Waals surface area contributed by atoms with E-state index in [9.17, 15) is 0 Å². The Balaban J connectivity index is 3.08. The van der Waals surface area contributed by atoms with Gasteiger partial charge < -0.3 is 0 Å². The van der Waals surface area contributed by atoms with Gasteiger partial charge in [0.15, 0.2) is 0 Å². The minimum absolute atomic E-state index is 1.20. The molecule has 0 atom stereocenters. The molecule has 0 saturated heterocycles. The van der Waals surface area contributed by atoms with Crippen LogP contribution in [-0.2, 0) is 0 Å². The van der Waals surface area contributed by atoms with Crippen molar-refractivity contribution in [2.24, 2.45) is 0 Å². The van der Waals surface area contributed by atoms with Crippen LogP contribution in [0.4, 0.5) is 0 Å². The van der Waals surface area contributed by atoms with Gasteiger partial charge in [-0.2, -0.15) is 0 Å². The molecule has 0 aliphatic rings. The fourth-order valence-corrected chi connectivity index (χ4v) is 1.13. The summed E-state index contributed by atoms with van der Waals surface area (Å²) in [5.41, 5.74) is 1.20. The van der Waals surface area contributed by atoms with Gasteiger partial charge in [-0.1, -0.05) is 0 Å². The molecule has 0 fully saturated rings.